The summed E-state index contributed by atoms with van der Waals surface area (Å²) in [6.07, 6.45) is 9.87. The normalized spacial score (nSPS) is 41.2. The highest BCUT2D eigenvalue weighted by Gasteiger charge is 2.58. The van der Waals surface area contributed by atoms with Crippen LogP contribution in [0, 0.1) is 58.7 Å². The van der Waals surface area contributed by atoms with Gasteiger partial charge in [0.15, 0.2) is 0 Å². The average molecular weight is 789 g/mol. The second kappa shape index (κ2) is 18.9. The lowest BCUT2D eigenvalue weighted by Crippen LogP contribution is -2.62. The van der Waals surface area contributed by atoms with Crippen LogP contribution < -0.4 is 16.0 Å². The molecule has 7 rings (SSSR count). The number of ether oxygens (including phenoxy) is 1. The molecule has 322 valence electrons. The van der Waals surface area contributed by atoms with Crippen molar-refractivity contribution in [2.75, 3.05) is 68.1 Å². The highest BCUT2D eigenvalue weighted by atomic mass is 16.7. The highest BCUT2D eigenvalue weighted by molar-refractivity contribution is 5.83. The van der Waals surface area contributed by atoms with Crippen LogP contribution in [0.3, 0.4) is 0 Å². The Kier molecular flexibility index (Phi) is 14.9. The van der Waals surface area contributed by atoms with Crippen molar-refractivity contribution in [3.8, 4) is 0 Å². The third-order valence-corrected chi connectivity index (χ3v) is 16.1. The van der Waals surface area contributed by atoms with Crippen LogP contribution in [0.1, 0.15) is 98.3 Å². The Morgan fingerprint density at radius 1 is 1.04 bits per heavy atom. The number of hydroxylamine groups is 2. The lowest BCUT2D eigenvalue weighted by atomic mass is 9.45. The van der Waals surface area contributed by atoms with E-state index in [2.05, 4.69) is 74.7 Å². The molecule has 7 aliphatic rings. The summed E-state index contributed by atoms with van der Waals surface area (Å²) >= 11 is 0. The number of hydrogen-bond donors (Lipinski definition) is 5. The fraction of sp³-hybridized carbons (Fsp3) is 0.955. The van der Waals surface area contributed by atoms with Crippen LogP contribution in [0.4, 0.5) is 0 Å². The first-order chi connectivity index (χ1) is 26.6. The molecule has 2 heterocycles. The number of nitrogens with one attached hydrogen (secondary N) is 3. The number of nitrogens with zero attached hydrogens (tertiary/aromatic N) is 3. The van der Waals surface area contributed by atoms with E-state index in [4.69, 9.17) is 9.57 Å². The van der Waals surface area contributed by atoms with Crippen molar-refractivity contribution >= 4 is 11.8 Å². The van der Waals surface area contributed by atoms with Gasteiger partial charge in [-0.25, -0.2) is 0 Å². The first kappa shape index (κ1) is 44.2. The number of piperidine rings is 1. The minimum Gasteiger partial charge on any atom is -0.394 e. The van der Waals surface area contributed by atoms with E-state index in [-0.39, 0.29) is 54.4 Å². The molecule has 0 spiro atoms. The summed E-state index contributed by atoms with van der Waals surface area (Å²) in [7, 11) is 10.3. The molecule has 0 aromatic rings. The quantitative estimate of drug-likeness (QED) is 0.168. The van der Waals surface area contributed by atoms with Crippen molar-refractivity contribution < 1.29 is 29.4 Å². The van der Waals surface area contributed by atoms with Gasteiger partial charge < -0.3 is 40.7 Å². The Bertz CT molecular complexity index is 1290. The second-order valence-corrected chi connectivity index (χ2v) is 20.5. The molecule has 5 aliphatic carbocycles. The Hall–Kier alpha value is -1.38. The molecule has 5 N–H and O–H groups in total. The van der Waals surface area contributed by atoms with Crippen LogP contribution in [0.25, 0.3) is 0 Å². The smallest absolute Gasteiger partial charge is 0.240 e. The first-order valence-corrected chi connectivity index (χ1v) is 22.5. The number of carbonyl (C=O) groups is 2. The molecule has 2 saturated heterocycles. The molecule has 2 aliphatic heterocycles. The van der Waals surface area contributed by atoms with E-state index in [1.54, 1.807) is 12.0 Å². The number of aliphatic hydroxyl groups excluding tert-OH is 2. The third kappa shape index (κ3) is 9.64. The predicted octanol–water partition coefficient (Wildman–Crippen LogP) is 3.36. The van der Waals surface area contributed by atoms with Crippen molar-refractivity contribution in [1.29, 1.82) is 0 Å². The van der Waals surface area contributed by atoms with E-state index in [1.165, 1.54) is 19.3 Å². The summed E-state index contributed by atoms with van der Waals surface area (Å²) in [4.78, 5) is 39.5. The van der Waals surface area contributed by atoms with E-state index in [9.17, 15) is 19.8 Å². The van der Waals surface area contributed by atoms with E-state index >= 15 is 0 Å². The van der Waals surface area contributed by atoms with Gasteiger partial charge >= 0.3 is 0 Å². The number of methoxy groups -OCH3 is 1. The number of fused-ring (bicyclic) bond motifs is 2. The summed E-state index contributed by atoms with van der Waals surface area (Å²) in [5.41, 5.74) is 0.315. The molecular weight excluding hydrogens is 709 g/mol. The zero-order chi connectivity index (χ0) is 40.5. The number of aliphatic hydroxyl groups is 2. The standard InChI is InChI=1S/C44H80N6O6/c1-26-36-20-32(44(36,3)4)21-37(26)47-43(54)40-39(27(2)52)38(25-51)56-50(40)23-29-13-10-14-35(41(29)55-9)30-17-31(19-34(18-30)49(7)8)42(53)46-33(24-48(5)6)16-28-12-11-15-45-22-28/h26-41,45,51-52H,10-25H2,1-9H3,(H,46,53)(H,47,54)/t26-,27-,28?,29?,30?,31?,32?,33-,34?,35?,36-,37-,38-,39-,40-,41?/m0/s1. The maximum atomic E-state index is 14.4. The molecule has 7 fully saturated rings. The van der Waals surface area contributed by atoms with Gasteiger partial charge in [-0.3, -0.25) is 14.4 Å². The van der Waals surface area contributed by atoms with Crippen LogP contribution in [-0.4, -0.2) is 147 Å². The van der Waals surface area contributed by atoms with E-state index < -0.39 is 24.2 Å². The van der Waals surface area contributed by atoms with Crippen molar-refractivity contribution in [3.63, 3.8) is 0 Å². The van der Waals surface area contributed by atoms with Gasteiger partial charge in [0, 0.05) is 56.1 Å². The second-order valence-electron chi connectivity index (χ2n) is 20.5. The van der Waals surface area contributed by atoms with Crippen LogP contribution in [0.5, 0.6) is 0 Å². The first-order valence-electron chi connectivity index (χ1n) is 22.5. The Labute approximate surface area is 338 Å². The van der Waals surface area contributed by atoms with Crippen LogP contribution >= 0.6 is 0 Å². The van der Waals surface area contributed by atoms with E-state index in [0.717, 1.165) is 71.0 Å². The molecule has 16 atom stereocenters. The third-order valence-electron chi connectivity index (χ3n) is 16.1. The molecule has 5 saturated carbocycles. The molecule has 2 amide bonds. The number of hydrogen-bond acceptors (Lipinski definition) is 10. The molecule has 2 bridgehead atoms. The average Bonchev–Trinajstić information content (AvgIpc) is 3.53. The maximum Gasteiger partial charge on any atom is 0.240 e. The summed E-state index contributed by atoms with van der Waals surface area (Å²) in [6.45, 7) is 11.9. The number of carbonyl (C=O) groups excluding carboxylic acids is 2. The number of rotatable bonds is 15. The molecule has 12 heteroatoms. The lowest BCUT2D eigenvalue weighted by Gasteiger charge is -2.62. The molecule has 0 aromatic carbocycles. The van der Waals surface area contributed by atoms with Crippen LogP contribution in [0.15, 0.2) is 0 Å². The SMILES string of the molecule is COC1C(CN2O[C@@H](CO)[C@H]([C@H](C)O)[C@H]2C(=O)N[C@H]2CC3C[C@@H]([C@@H]2C)C3(C)C)CCCC1C1CC(C(=O)N[C@@H](CC2CCCNC2)CN(C)C)CC(N(C)C)C1. The van der Waals surface area contributed by atoms with Gasteiger partial charge in [-0.05, 0) is 153 Å². The van der Waals surface area contributed by atoms with E-state index in [0.29, 0.717) is 47.6 Å². The fourth-order valence-corrected chi connectivity index (χ4v) is 12.9. The Morgan fingerprint density at radius 2 is 1.80 bits per heavy atom. The largest absolute Gasteiger partial charge is 0.394 e. The van der Waals surface area contributed by atoms with Crippen LogP contribution in [-0.2, 0) is 19.2 Å². The summed E-state index contributed by atoms with van der Waals surface area (Å²) in [6, 6.07) is -0.172. The van der Waals surface area contributed by atoms with Crippen molar-refractivity contribution in [3.05, 3.63) is 0 Å². The van der Waals surface area contributed by atoms with Gasteiger partial charge in [-0.2, -0.15) is 5.06 Å². The highest BCUT2D eigenvalue weighted by Crippen LogP contribution is 2.61. The number of likely N-dealkylation sites (N-methyl/N-ethyl adjacent to an activating group) is 1. The molecule has 8 unspecified atom stereocenters. The summed E-state index contributed by atoms with van der Waals surface area (Å²) in [5.74, 6) is 2.37. The van der Waals surface area contributed by atoms with Gasteiger partial charge in [0.2, 0.25) is 11.8 Å². The monoisotopic (exact) mass is 789 g/mol. The van der Waals surface area contributed by atoms with E-state index in [1.807, 2.05) is 7.11 Å². The molecule has 56 heavy (non-hydrogen) atoms. The van der Waals surface area contributed by atoms with Gasteiger partial charge in [-0.15, -0.1) is 0 Å². The fourth-order valence-electron chi connectivity index (χ4n) is 12.9. The minimum absolute atomic E-state index is 0.0564. The Balaban J connectivity index is 1.15. The maximum absolute atomic E-state index is 14.4. The summed E-state index contributed by atoms with van der Waals surface area (Å²) < 4.78 is 6.45. The molecular formula is C44H80N6O6. The van der Waals surface area contributed by atoms with Crippen LogP contribution in [0.2, 0.25) is 0 Å². The zero-order valence-corrected chi connectivity index (χ0v) is 36.4. The number of amides is 2. The zero-order valence-electron chi connectivity index (χ0n) is 36.4. The van der Waals surface area contributed by atoms with Gasteiger partial charge in [-0.1, -0.05) is 27.2 Å². The van der Waals surface area contributed by atoms with Crippen molar-refractivity contribution in [2.24, 2.45) is 58.7 Å². The molecule has 0 radical (unpaired) electrons. The Morgan fingerprint density at radius 3 is 2.41 bits per heavy atom. The van der Waals surface area contributed by atoms with Gasteiger partial charge in [0.25, 0.3) is 0 Å². The minimum atomic E-state index is -0.828. The summed E-state index contributed by atoms with van der Waals surface area (Å²) in [5, 5.41) is 33.8. The molecule has 12 nitrogen and oxygen atoms in total. The van der Waals surface area contributed by atoms with Crippen molar-refractivity contribution in [2.45, 2.75) is 141 Å². The van der Waals surface area contributed by atoms with Crippen molar-refractivity contribution in [1.82, 2.24) is 30.8 Å². The lowest BCUT2D eigenvalue weighted by molar-refractivity contribution is -0.193. The molecule has 0 aromatic heterocycles. The topological polar surface area (TPSA) is 139 Å². The van der Waals surface area contributed by atoms with Gasteiger partial charge in [0.05, 0.1) is 18.8 Å². The van der Waals surface area contributed by atoms with Gasteiger partial charge in [0.1, 0.15) is 12.1 Å². The predicted molar refractivity (Wildman–Crippen MR) is 219 cm³/mol.